The Labute approximate surface area is 119 Å². The van der Waals surface area contributed by atoms with Crippen molar-refractivity contribution in [3.05, 3.63) is 6.33 Å². The van der Waals surface area contributed by atoms with E-state index in [1.807, 2.05) is 0 Å². The molecule has 0 bridgehead atoms. The van der Waals surface area contributed by atoms with Gasteiger partial charge in [-0.15, -0.1) is 5.10 Å². The fraction of sp³-hybridized carbons (Fsp3) is 0.923. The minimum absolute atomic E-state index is 0.967. The molecule has 0 atom stereocenters. The Balaban J connectivity index is 0.000000473. The normalized spacial score (nSPS) is 10.2. The molecule has 1 aromatic rings. The van der Waals surface area contributed by atoms with Crippen molar-refractivity contribution >= 4 is 19.8 Å². The summed E-state index contributed by atoms with van der Waals surface area (Å²) in [5, 5.41) is 12.1. The summed E-state index contributed by atoms with van der Waals surface area (Å²) in [6.45, 7) is 7.01. The number of unbranched alkanes of at least 4 members (excludes halogenated alkanes) is 3. The van der Waals surface area contributed by atoms with Crippen molar-refractivity contribution in [2.24, 2.45) is 0 Å². The van der Waals surface area contributed by atoms with Crippen LogP contribution in [0.2, 0.25) is 13.3 Å². The first-order valence-corrected chi connectivity index (χ1v) is 14.5. The predicted octanol–water partition coefficient (Wildman–Crippen LogP) is 3.81. The molecule has 0 saturated carbocycles. The molecule has 0 amide bonds. The van der Waals surface area contributed by atoms with E-state index in [4.69, 9.17) is 0 Å². The van der Waals surface area contributed by atoms with Crippen LogP contribution >= 0.6 is 0 Å². The summed E-state index contributed by atoms with van der Waals surface area (Å²) in [6.07, 6.45) is 10.3. The second-order valence-corrected chi connectivity index (χ2v) is 14.7. The summed E-state index contributed by atoms with van der Waals surface area (Å²) in [6, 6.07) is 0. The second-order valence-electron chi connectivity index (χ2n) is 4.86. The van der Waals surface area contributed by atoms with E-state index >= 15 is 0 Å². The molecular weight excluding hydrogens is 331 g/mol. The Bertz CT molecular complexity index is 193. The maximum atomic E-state index is 3.31. The number of hydrogen-bond donors (Lipinski definition) is 1. The number of aromatic nitrogens is 4. The van der Waals surface area contributed by atoms with Crippen LogP contribution in [0.15, 0.2) is 6.33 Å². The molecule has 18 heavy (non-hydrogen) atoms. The molecule has 1 aromatic heterocycles. The van der Waals surface area contributed by atoms with E-state index in [1.165, 1.54) is 44.9 Å². The van der Waals surface area contributed by atoms with Crippen LogP contribution in [0.1, 0.15) is 59.3 Å². The van der Waals surface area contributed by atoms with Gasteiger partial charge in [0.2, 0.25) is 0 Å². The molecule has 0 saturated heterocycles. The van der Waals surface area contributed by atoms with Crippen LogP contribution in [0.4, 0.5) is 0 Å². The fourth-order valence-electron chi connectivity index (χ4n) is 2.04. The van der Waals surface area contributed by atoms with Crippen molar-refractivity contribution in [1.29, 1.82) is 0 Å². The standard InChI is InChI=1S/3C4H9.CH2N4.Sn.H/c3*1-3-4-2;1-2-4-5-3-1;;/h3*1,3-4H2,2H3;1H,(H,2,3,4,5);;. The first kappa shape index (κ1) is 17.9. The number of rotatable bonds is 9. The summed E-state index contributed by atoms with van der Waals surface area (Å²) in [5.41, 5.74) is 0. The van der Waals surface area contributed by atoms with Gasteiger partial charge in [0.25, 0.3) is 0 Å². The van der Waals surface area contributed by atoms with Crippen molar-refractivity contribution in [3.63, 3.8) is 0 Å². The summed E-state index contributed by atoms with van der Waals surface area (Å²) >= 11 is -0.967. The minimum Gasteiger partial charge on any atom is -0.246 e. The molecule has 5 heteroatoms. The van der Waals surface area contributed by atoms with Gasteiger partial charge in [-0.1, -0.05) is 0 Å². The number of H-pyrrole nitrogens is 1. The Kier molecular flexibility index (Phi) is 14.8. The maximum absolute atomic E-state index is 3.31. The maximum Gasteiger partial charge on any atom is 0.135 e. The number of aromatic amines is 1. The molecule has 1 rings (SSSR count). The van der Waals surface area contributed by atoms with Crippen LogP contribution < -0.4 is 0 Å². The second kappa shape index (κ2) is 14.9. The Morgan fingerprint density at radius 1 is 0.889 bits per heavy atom. The van der Waals surface area contributed by atoms with Crippen molar-refractivity contribution in [1.82, 2.24) is 20.6 Å². The van der Waals surface area contributed by atoms with Gasteiger partial charge in [-0.2, -0.15) is 0 Å². The van der Waals surface area contributed by atoms with Crippen molar-refractivity contribution < 1.29 is 0 Å². The quantitative estimate of drug-likeness (QED) is 0.681. The van der Waals surface area contributed by atoms with E-state index < -0.39 is 19.8 Å². The Morgan fingerprint density at radius 3 is 1.61 bits per heavy atom. The molecule has 0 aromatic carbocycles. The molecule has 1 heterocycles. The zero-order valence-corrected chi connectivity index (χ0v) is 15.7. The molecule has 0 aliphatic carbocycles. The number of tetrazole rings is 1. The van der Waals surface area contributed by atoms with Crippen LogP contribution in [0.5, 0.6) is 0 Å². The van der Waals surface area contributed by atoms with Crippen LogP contribution in [-0.2, 0) is 0 Å². The number of nitrogens with one attached hydrogen (secondary N) is 1. The molecular formula is C13H30N4Sn. The molecule has 1 N–H and O–H groups in total. The average molecular weight is 361 g/mol. The molecule has 0 spiro atoms. The van der Waals surface area contributed by atoms with Crippen molar-refractivity contribution in [2.45, 2.75) is 72.6 Å². The predicted molar refractivity (Wildman–Crippen MR) is 80.5 cm³/mol. The smallest absolute Gasteiger partial charge is 0.135 e. The van der Waals surface area contributed by atoms with Crippen molar-refractivity contribution in [2.75, 3.05) is 0 Å². The van der Waals surface area contributed by atoms with Gasteiger partial charge >= 0.3 is 92.4 Å². The molecule has 0 radical (unpaired) electrons. The Morgan fingerprint density at radius 2 is 1.39 bits per heavy atom. The van der Waals surface area contributed by atoms with Gasteiger partial charge in [0.15, 0.2) is 0 Å². The van der Waals surface area contributed by atoms with E-state index in [0.717, 1.165) is 0 Å². The van der Waals surface area contributed by atoms with E-state index in [-0.39, 0.29) is 0 Å². The number of hydrogen-bond acceptors (Lipinski definition) is 3. The van der Waals surface area contributed by atoms with E-state index in [9.17, 15) is 0 Å². The Hall–Kier alpha value is -0.131. The van der Waals surface area contributed by atoms with Gasteiger partial charge < -0.3 is 0 Å². The zero-order chi connectivity index (χ0) is 13.5. The summed E-state index contributed by atoms with van der Waals surface area (Å²) < 4.78 is 5.08. The molecule has 0 aliphatic heterocycles. The van der Waals surface area contributed by atoms with E-state index in [2.05, 4.69) is 41.4 Å². The molecule has 0 unspecified atom stereocenters. The third kappa shape index (κ3) is 12.3. The zero-order valence-electron chi connectivity index (χ0n) is 12.4. The third-order valence-corrected chi connectivity index (χ3v) is 13.7. The average Bonchev–Trinajstić information content (AvgIpc) is 2.97. The SMILES string of the molecule is CCC[CH2][SnH]([CH2]CCC)[CH2]CCC.c1nnn[nH]1. The van der Waals surface area contributed by atoms with Gasteiger partial charge in [0, 0.05) is 0 Å². The van der Waals surface area contributed by atoms with Crippen LogP contribution in [-0.4, -0.2) is 40.4 Å². The third-order valence-electron chi connectivity index (χ3n) is 3.17. The van der Waals surface area contributed by atoms with E-state index in [0.29, 0.717) is 0 Å². The van der Waals surface area contributed by atoms with E-state index in [1.54, 1.807) is 13.3 Å². The first-order valence-electron chi connectivity index (χ1n) is 7.52. The van der Waals surface area contributed by atoms with Gasteiger partial charge in [-0.05, 0) is 10.4 Å². The summed E-state index contributed by atoms with van der Waals surface area (Å²) in [4.78, 5) is 0. The van der Waals surface area contributed by atoms with Gasteiger partial charge in [-0.3, -0.25) is 0 Å². The molecule has 0 fully saturated rings. The largest absolute Gasteiger partial charge is 0.246 e. The molecule has 106 valence electrons. The minimum atomic E-state index is -0.967. The molecule has 4 nitrogen and oxygen atoms in total. The summed E-state index contributed by atoms with van der Waals surface area (Å²) in [7, 11) is 0. The van der Waals surface area contributed by atoms with Gasteiger partial charge in [0.05, 0.1) is 0 Å². The fourth-order valence-corrected chi connectivity index (χ4v) is 13.0. The van der Waals surface area contributed by atoms with Crippen LogP contribution in [0.3, 0.4) is 0 Å². The topological polar surface area (TPSA) is 54.5 Å². The first-order chi connectivity index (χ1) is 8.85. The monoisotopic (exact) mass is 362 g/mol. The number of nitrogens with zero attached hydrogens (tertiary/aromatic N) is 3. The van der Waals surface area contributed by atoms with Crippen LogP contribution in [0.25, 0.3) is 0 Å². The molecule has 0 aliphatic rings. The van der Waals surface area contributed by atoms with Crippen LogP contribution in [0, 0.1) is 0 Å². The van der Waals surface area contributed by atoms with Gasteiger partial charge in [0.1, 0.15) is 6.33 Å². The van der Waals surface area contributed by atoms with Gasteiger partial charge in [-0.25, -0.2) is 5.10 Å². The summed E-state index contributed by atoms with van der Waals surface area (Å²) in [5.74, 6) is 0. The van der Waals surface area contributed by atoms with Crippen molar-refractivity contribution in [3.8, 4) is 0 Å².